The molecule has 108 valence electrons. The van der Waals surface area contributed by atoms with Gasteiger partial charge in [0, 0.05) is 46.6 Å². The molecule has 0 atom stereocenters. The molecule has 0 spiro atoms. The molecule has 0 aliphatic heterocycles. The quantitative estimate of drug-likeness (QED) is 0.607. The third-order valence-corrected chi connectivity index (χ3v) is 4.88. The predicted octanol–water partition coefficient (Wildman–Crippen LogP) is 2.95. The lowest BCUT2D eigenvalue weighted by Gasteiger charge is -2.30. The summed E-state index contributed by atoms with van der Waals surface area (Å²) in [5.41, 5.74) is 0.626. The van der Waals surface area contributed by atoms with Crippen molar-refractivity contribution in [3.05, 3.63) is 11.6 Å². The first kappa shape index (κ1) is 17.5. The molecule has 0 fully saturated rings. The first-order chi connectivity index (χ1) is 8.52. The minimum atomic E-state index is -3.22. The minimum Gasteiger partial charge on any atom is -0.376 e. The van der Waals surface area contributed by atoms with E-state index in [0.717, 1.165) is 26.2 Å². The maximum absolute atomic E-state index is 12.6. The molecule has 6 heteroatoms. The van der Waals surface area contributed by atoms with E-state index in [2.05, 4.69) is 18.7 Å². The van der Waals surface area contributed by atoms with Crippen LogP contribution in [0, 0.1) is 0 Å². The van der Waals surface area contributed by atoms with Crippen LogP contribution in [0.1, 0.15) is 27.7 Å². The van der Waals surface area contributed by atoms with Gasteiger partial charge in [-0.1, -0.05) is 0 Å². The molecule has 0 bridgehead atoms. The fourth-order valence-corrected chi connectivity index (χ4v) is 3.16. The van der Waals surface area contributed by atoms with Crippen molar-refractivity contribution in [2.24, 2.45) is 0 Å². The van der Waals surface area contributed by atoms with Crippen LogP contribution in [0.3, 0.4) is 0 Å². The van der Waals surface area contributed by atoms with Crippen LogP contribution >= 0.6 is 7.60 Å². The molecular weight excluding hydrogens is 251 g/mol. The van der Waals surface area contributed by atoms with Gasteiger partial charge in [-0.05, 0) is 27.7 Å². The van der Waals surface area contributed by atoms with Crippen molar-refractivity contribution in [1.29, 1.82) is 0 Å². The zero-order chi connectivity index (χ0) is 14.2. The molecule has 18 heavy (non-hydrogen) atoms. The molecule has 0 unspecified atom stereocenters. The van der Waals surface area contributed by atoms with E-state index in [9.17, 15) is 4.57 Å². The Hall–Kier alpha value is -0.510. The molecule has 0 N–H and O–H groups in total. The van der Waals surface area contributed by atoms with Crippen molar-refractivity contribution < 1.29 is 13.6 Å². The summed E-state index contributed by atoms with van der Waals surface area (Å²) in [7, 11) is -0.374. The summed E-state index contributed by atoms with van der Waals surface area (Å²) in [6, 6.07) is 0. The van der Waals surface area contributed by atoms with Gasteiger partial charge in [0.2, 0.25) is 0 Å². The lowest BCUT2D eigenvalue weighted by molar-refractivity contribution is 0.260. The molecular formula is C12H27N2O3P. The van der Waals surface area contributed by atoms with E-state index in [-0.39, 0.29) is 0 Å². The van der Waals surface area contributed by atoms with E-state index in [4.69, 9.17) is 9.05 Å². The molecule has 0 aromatic rings. The van der Waals surface area contributed by atoms with E-state index in [0.29, 0.717) is 5.44 Å². The average molecular weight is 278 g/mol. The summed E-state index contributed by atoms with van der Waals surface area (Å²) in [5.74, 6) is 0. The molecule has 5 nitrogen and oxygen atoms in total. The van der Waals surface area contributed by atoms with Gasteiger partial charge in [0.05, 0.1) is 0 Å². The standard InChI is InChI=1S/C12H27N2O3P/c1-7-13(8-2)11-12(14(9-3)10-4)18(15,16-5)17-6/h11H,7-10H2,1-6H3. The van der Waals surface area contributed by atoms with Crippen LogP contribution in [-0.2, 0) is 13.6 Å². The number of nitrogens with zero attached hydrogens (tertiary/aromatic N) is 2. The van der Waals surface area contributed by atoms with Crippen LogP contribution < -0.4 is 0 Å². The fraction of sp³-hybridized carbons (Fsp3) is 0.833. The van der Waals surface area contributed by atoms with Gasteiger partial charge in [-0.15, -0.1) is 0 Å². The summed E-state index contributed by atoms with van der Waals surface area (Å²) < 4.78 is 22.8. The normalized spacial score (nSPS) is 12.7. The van der Waals surface area contributed by atoms with Crippen LogP contribution in [0.25, 0.3) is 0 Å². The van der Waals surface area contributed by atoms with Crippen molar-refractivity contribution >= 4 is 7.60 Å². The predicted molar refractivity (Wildman–Crippen MR) is 75.5 cm³/mol. The third-order valence-electron chi connectivity index (χ3n) is 2.96. The maximum atomic E-state index is 12.6. The summed E-state index contributed by atoms with van der Waals surface area (Å²) in [5, 5.41) is 0. The molecule has 0 saturated heterocycles. The van der Waals surface area contributed by atoms with Gasteiger partial charge < -0.3 is 18.8 Å². The van der Waals surface area contributed by atoms with Crippen molar-refractivity contribution in [2.45, 2.75) is 27.7 Å². The maximum Gasteiger partial charge on any atom is 0.378 e. The van der Waals surface area contributed by atoms with E-state index in [1.54, 1.807) is 0 Å². The first-order valence-electron chi connectivity index (χ1n) is 6.45. The van der Waals surface area contributed by atoms with Crippen LogP contribution in [0.2, 0.25) is 0 Å². The van der Waals surface area contributed by atoms with Crippen LogP contribution in [0.4, 0.5) is 0 Å². The SMILES string of the molecule is CCN(C=C(N(CC)CC)P(=O)(OC)OC)CC. The first-order valence-corrected chi connectivity index (χ1v) is 7.99. The Bertz CT molecular complexity index is 292. The number of hydrogen-bond acceptors (Lipinski definition) is 5. The highest BCUT2D eigenvalue weighted by molar-refractivity contribution is 7.58. The Labute approximate surface area is 111 Å². The van der Waals surface area contributed by atoms with Gasteiger partial charge in [0.25, 0.3) is 0 Å². The van der Waals surface area contributed by atoms with E-state index < -0.39 is 7.60 Å². The fourth-order valence-electron chi connectivity index (χ4n) is 1.70. The average Bonchev–Trinajstić information content (AvgIpc) is 2.42. The third kappa shape index (κ3) is 4.30. The van der Waals surface area contributed by atoms with Gasteiger partial charge in [0.15, 0.2) is 0 Å². The summed E-state index contributed by atoms with van der Waals surface area (Å²) >= 11 is 0. The Morgan fingerprint density at radius 1 is 1.00 bits per heavy atom. The molecule has 0 rings (SSSR count). The summed E-state index contributed by atoms with van der Waals surface area (Å²) in [6.45, 7) is 11.4. The monoisotopic (exact) mass is 278 g/mol. The second-order valence-electron chi connectivity index (χ2n) is 3.74. The molecule has 0 heterocycles. The smallest absolute Gasteiger partial charge is 0.376 e. The van der Waals surface area contributed by atoms with Crippen LogP contribution in [0.15, 0.2) is 11.6 Å². The van der Waals surface area contributed by atoms with Gasteiger partial charge in [-0.25, -0.2) is 0 Å². The topological polar surface area (TPSA) is 42.0 Å². The lowest BCUT2D eigenvalue weighted by atomic mass is 10.5. The van der Waals surface area contributed by atoms with Gasteiger partial charge in [-0.2, -0.15) is 0 Å². The lowest BCUT2D eigenvalue weighted by Crippen LogP contribution is -2.26. The van der Waals surface area contributed by atoms with Gasteiger partial charge in [0.1, 0.15) is 5.44 Å². The van der Waals surface area contributed by atoms with E-state index in [1.807, 2.05) is 24.9 Å². The highest BCUT2D eigenvalue weighted by Gasteiger charge is 2.31. The Kier molecular flexibility index (Phi) is 8.32. The van der Waals surface area contributed by atoms with Crippen molar-refractivity contribution in [1.82, 2.24) is 9.80 Å². The molecule has 0 radical (unpaired) electrons. The zero-order valence-electron chi connectivity index (χ0n) is 12.5. The second kappa shape index (κ2) is 8.57. The molecule has 0 amide bonds. The molecule has 0 saturated carbocycles. The number of rotatable bonds is 9. The largest absolute Gasteiger partial charge is 0.378 e. The second-order valence-corrected chi connectivity index (χ2v) is 5.93. The van der Waals surface area contributed by atoms with Crippen molar-refractivity contribution in [2.75, 3.05) is 40.4 Å². The van der Waals surface area contributed by atoms with Crippen molar-refractivity contribution in [3.8, 4) is 0 Å². The van der Waals surface area contributed by atoms with Crippen LogP contribution in [-0.4, -0.2) is 50.2 Å². The van der Waals surface area contributed by atoms with Gasteiger partial charge >= 0.3 is 7.60 Å². The van der Waals surface area contributed by atoms with Crippen molar-refractivity contribution in [3.63, 3.8) is 0 Å². The van der Waals surface area contributed by atoms with Crippen LogP contribution in [0.5, 0.6) is 0 Å². The summed E-state index contributed by atoms with van der Waals surface area (Å²) in [6.07, 6.45) is 1.89. The molecule has 0 aromatic carbocycles. The van der Waals surface area contributed by atoms with E-state index in [1.165, 1.54) is 14.2 Å². The Morgan fingerprint density at radius 2 is 1.44 bits per heavy atom. The Morgan fingerprint density at radius 3 is 1.72 bits per heavy atom. The highest BCUT2D eigenvalue weighted by Crippen LogP contribution is 2.55. The summed E-state index contributed by atoms with van der Waals surface area (Å²) in [4.78, 5) is 4.09. The number of hydrogen-bond donors (Lipinski definition) is 0. The molecule has 0 aromatic heterocycles. The Balaban J connectivity index is 5.48. The van der Waals surface area contributed by atoms with E-state index >= 15 is 0 Å². The van der Waals surface area contributed by atoms with Gasteiger partial charge in [-0.3, -0.25) is 4.57 Å². The highest BCUT2D eigenvalue weighted by atomic mass is 31.2. The molecule has 0 aliphatic rings. The molecule has 0 aliphatic carbocycles. The minimum absolute atomic E-state index is 0.626. The zero-order valence-corrected chi connectivity index (χ0v) is 13.4.